The molecule has 1 aliphatic carbocycles. The number of fused-ring (bicyclic) bond motifs is 1. The Balaban J connectivity index is 1.83. The Bertz CT molecular complexity index is 1270. The molecule has 1 fully saturated rings. The van der Waals surface area contributed by atoms with Crippen LogP contribution in [0.1, 0.15) is 73.9 Å². The van der Waals surface area contributed by atoms with Crippen LogP contribution in [0.4, 0.5) is 10.2 Å². The first-order chi connectivity index (χ1) is 16.6. The number of anilines is 1. The van der Waals surface area contributed by atoms with Gasteiger partial charge >= 0.3 is 0 Å². The lowest BCUT2D eigenvalue weighted by molar-refractivity contribution is 0.0822. The molecule has 2 aromatic heterocycles. The maximum Gasteiger partial charge on any atom is 0.258 e. The van der Waals surface area contributed by atoms with Crippen molar-refractivity contribution in [3.63, 3.8) is 0 Å². The molecule has 1 aromatic carbocycles. The van der Waals surface area contributed by atoms with Crippen LogP contribution in [0, 0.1) is 12.7 Å². The van der Waals surface area contributed by atoms with Gasteiger partial charge < -0.3 is 20.5 Å². The highest BCUT2D eigenvalue weighted by Crippen LogP contribution is 2.41. The lowest BCUT2D eigenvalue weighted by Gasteiger charge is -2.24. The van der Waals surface area contributed by atoms with E-state index in [1.54, 1.807) is 12.4 Å². The van der Waals surface area contributed by atoms with E-state index in [1.807, 2.05) is 39.0 Å². The van der Waals surface area contributed by atoms with Crippen molar-refractivity contribution >= 4 is 28.8 Å². The minimum absolute atomic E-state index is 0.149. The number of benzene rings is 1. The van der Waals surface area contributed by atoms with Gasteiger partial charge in [-0.2, -0.15) is 0 Å². The average molecular weight is 504 g/mol. The molecule has 8 nitrogen and oxygen atoms in total. The number of nitrogens with two attached hydrogens (primary N) is 1. The van der Waals surface area contributed by atoms with Gasteiger partial charge in [0.05, 0.1) is 29.0 Å². The van der Waals surface area contributed by atoms with Gasteiger partial charge in [-0.15, -0.1) is 0 Å². The second-order valence-electron chi connectivity index (χ2n) is 9.31. The number of halogens is 2. The number of amides is 1. The van der Waals surface area contributed by atoms with Crippen LogP contribution in [-0.4, -0.2) is 45.1 Å². The summed E-state index contributed by atoms with van der Waals surface area (Å²) in [5, 5.41) is 2.79. The Morgan fingerprint density at radius 3 is 2.71 bits per heavy atom. The largest absolute Gasteiger partial charge is 0.490 e. The Kier molecular flexibility index (Phi) is 6.92. The highest BCUT2D eigenvalue weighted by Gasteiger charge is 2.45. The van der Waals surface area contributed by atoms with Crippen LogP contribution in [0.3, 0.4) is 0 Å². The minimum atomic E-state index is -0.819. The Morgan fingerprint density at radius 1 is 1.37 bits per heavy atom. The van der Waals surface area contributed by atoms with Gasteiger partial charge in [-0.05, 0) is 46.6 Å². The quantitative estimate of drug-likeness (QED) is 0.440. The van der Waals surface area contributed by atoms with Crippen LogP contribution in [0.25, 0.3) is 5.52 Å². The van der Waals surface area contributed by atoms with E-state index in [0.717, 1.165) is 12.8 Å². The lowest BCUT2D eigenvalue weighted by Crippen LogP contribution is -2.41. The number of nitrogens with one attached hydrogen (secondary N) is 1. The predicted octanol–water partition coefficient (Wildman–Crippen LogP) is 4.65. The maximum absolute atomic E-state index is 15.4. The molecule has 3 aromatic rings. The van der Waals surface area contributed by atoms with E-state index >= 15 is 4.39 Å². The molecular weight excluding hydrogens is 473 g/mol. The highest BCUT2D eigenvalue weighted by atomic mass is 35.5. The Hall–Kier alpha value is -2.91. The van der Waals surface area contributed by atoms with Gasteiger partial charge in [0.1, 0.15) is 28.5 Å². The average Bonchev–Trinajstić information content (AvgIpc) is 3.47. The molecule has 0 spiro atoms. The standard InChI is InChI=1S/C25H31ClFN5O3/c1-6-34-12-25(7-8-25)31-24(33)18-19(27)17(26)11-16(21(18)35-13(2)3)14(4)23-30-15(5)20-22(28)29-9-10-32(20)23/h9-11,13-14H,6-8,12H2,1-5H3,(H2,28,29)(H,31,33)/t14-/m0/s1. The third-order valence-electron chi connectivity index (χ3n) is 6.23. The molecule has 3 N–H and O–H groups in total. The van der Waals surface area contributed by atoms with Crippen LogP contribution < -0.4 is 15.8 Å². The van der Waals surface area contributed by atoms with E-state index in [9.17, 15) is 4.79 Å². The SMILES string of the molecule is CCOCC1(NC(=O)c2c(F)c(Cl)cc([C@H](C)c3nc(C)c4c(N)nccn34)c2OC(C)C)CC1. The number of hydrogen-bond acceptors (Lipinski definition) is 6. The van der Waals surface area contributed by atoms with Crippen LogP contribution in [0.2, 0.25) is 5.02 Å². The second-order valence-corrected chi connectivity index (χ2v) is 9.72. The summed E-state index contributed by atoms with van der Waals surface area (Å²) in [6, 6.07) is 1.50. The molecule has 0 aliphatic heterocycles. The van der Waals surface area contributed by atoms with Crippen LogP contribution in [-0.2, 0) is 4.74 Å². The summed E-state index contributed by atoms with van der Waals surface area (Å²) in [5.41, 5.74) is 7.32. The first kappa shape index (κ1) is 25.2. The van der Waals surface area contributed by atoms with Crippen molar-refractivity contribution in [2.75, 3.05) is 18.9 Å². The van der Waals surface area contributed by atoms with Gasteiger partial charge in [0.15, 0.2) is 5.82 Å². The molecule has 1 aliphatic rings. The van der Waals surface area contributed by atoms with Crippen molar-refractivity contribution < 1.29 is 18.7 Å². The fraction of sp³-hybridized carbons (Fsp3) is 0.480. The van der Waals surface area contributed by atoms with Crippen LogP contribution in [0.15, 0.2) is 18.5 Å². The second kappa shape index (κ2) is 9.62. The summed E-state index contributed by atoms with van der Waals surface area (Å²) in [7, 11) is 0. The summed E-state index contributed by atoms with van der Waals surface area (Å²) in [6.45, 7) is 10.2. The number of nitrogen functional groups attached to an aromatic ring is 1. The molecule has 1 saturated carbocycles. The molecule has 188 valence electrons. The topological polar surface area (TPSA) is 104 Å². The number of aromatic nitrogens is 3. The zero-order valence-electron chi connectivity index (χ0n) is 20.6. The van der Waals surface area contributed by atoms with E-state index < -0.39 is 23.2 Å². The number of carbonyl (C=O) groups excluding carboxylic acids is 1. The smallest absolute Gasteiger partial charge is 0.258 e. The van der Waals surface area contributed by atoms with Crippen molar-refractivity contribution in [2.24, 2.45) is 0 Å². The molecule has 0 radical (unpaired) electrons. The molecule has 4 rings (SSSR count). The molecule has 1 atom stereocenters. The van der Waals surface area contributed by atoms with Crippen molar-refractivity contribution in [1.29, 1.82) is 0 Å². The summed E-state index contributed by atoms with van der Waals surface area (Å²) < 4.78 is 28.9. The first-order valence-electron chi connectivity index (χ1n) is 11.8. The molecule has 10 heteroatoms. The number of nitrogens with zero attached hydrogens (tertiary/aromatic N) is 3. The first-order valence-corrected chi connectivity index (χ1v) is 12.1. The van der Waals surface area contributed by atoms with E-state index in [1.165, 1.54) is 6.07 Å². The molecule has 1 amide bonds. The molecule has 2 heterocycles. The fourth-order valence-corrected chi connectivity index (χ4v) is 4.50. The predicted molar refractivity (Wildman–Crippen MR) is 133 cm³/mol. The number of aryl methyl sites for hydroxylation is 1. The molecule has 0 bridgehead atoms. The summed E-state index contributed by atoms with van der Waals surface area (Å²) >= 11 is 6.33. The van der Waals surface area contributed by atoms with E-state index in [4.69, 9.17) is 31.8 Å². The van der Waals surface area contributed by atoms with E-state index in [-0.39, 0.29) is 22.4 Å². The summed E-state index contributed by atoms with van der Waals surface area (Å²) in [6.07, 6.45) is 4.57. The van der Waals surface area contributed by atoms with Crippen molar-refractivity contribution in [3.8, 4) is 5.75 Å². The van der Waals surface area contributed by atoms with Gasteiger partial charge in [0.25, 0.3) is 5.91 Å². The van der Waals surface area contributed by atoms with Gasteiger partial charge in [0.2, 0.25) is 0 Å². The molecular formula is C25H31ClFN5O3. The Labute approximate surface area is 209 Å². The summed E-state index contributed by atoms with van der Waals surface area (Å²) in [5.74, 6) is -0.658. The number of ether oxygens (including phenoxy) is 2. The number of imidazole rings is 1. The highest BCUT2D eigenvalue weighted by molar-refractivity contribution is 6.31. The minimum Gasteiger partial charge on any atom is -0.490 e. The third-order valence-corrected chi connectivity index (χ3v) is 6.51. The van der Waals surface area contributed by atoms with Crippen molar-refractivity contribution in [1.82, 2.24) is 19.7 Å². The number of rotatable bonds is 9. The zero-order valence-corrected chi connectivity index (χ0v) is 21.4. The van der Waals surface area contributed by atoms with Gasteiger partial charge in [-0.3, -0.25) is 9.20 Å². The fourth-order valence-electron chi connectivity index (χ4n) is 4.29. The molecule has 0 unspecified atom stereocenters. The Morgan fingerprint density at radius 2 is 2.09 bits per heavy atom. The van der Waals surface area contributed by atoms with Crippen LogP contribution >= 0.6 is 11.6 Å². The molecule has 35 heavy (non-hydrogen) atoms. The zero-order chi connectivity index (χ0) is 25.5. The monoisotopic (exact) mass is 503 g/mol. The maximum atomic E-state index is 15.4. The summed E-state index contributed by atoms with van der Waals surface area (Å²) in [4.78, 5) is 22.3. The van der Waals surface area contributed by atoms with Gasteiger partial charge in [0, 0.05) is 30.5 Å². The van der Waals surface area contributed by atoms with Crippen molar-refractivity contribution in [2.45, 2.75) is 65.0 Å². The van der Waals surface area contributed by atoms with E-state index in [0.29, 0.717) is 41.6 Å². The third kappa shape index (κ3) is 4.79. The number of hydrogen-bond donors (Lipinski definition) is 2. The van der Waals surface area contributed by atoms with E-state index in [2.05, 4.69) is 10.3 Å². The van der Waals surface area contributed by atoms with Crippen LogP contribution in [0.5, 0.6) is 5.75 Å². The normalized spacial score (nSPS) is 15.4. The molecule has 0 saturated heterocycles. The van der Waals surface area contributed by atoms with Crippen molar-refractivity contribution in [3.05, 3.63) is 51.9 Å². The van der Waals surface area contributed by atoms with Gasteiger partial charge in [-0.25, -0.2) is 14.4 Å². The van der Waals surface area contributed by atoms with Gasteiger partial charge in [-0.1, -0.05) is 18.5 Å². The lowest BCUT2D eigenvalue weighted by atomic mass is 9.95. The number of carbonyl (C=O) groups is 1.